The molecule has 45 heavy (non-hydrogen) atoms. The maximum atomic E-state index is 9.67. The highest BCUT2D eigenvalue weighted by Gasteiger charge is 2.60. The predicted molar refractivity (Wildman–Crippen MR) is 179 cm³/mol. The Bertz CT molecular complexity index is 2520. The first-order valence-electron chi connectivity index (χ1n) is 15.2. The highest BCUT2D eigenvalue weighted by atomic mass is 16.1. The van der Waals surface area contributed by atoms with Gasteiger partial charge in [0.25, 0.3) is 0 Å². The van der Waals surface area contributed by atoms with Crippen molar-refractivity contribution < 1.29 is 0 Å². The van der Waals surface area contributed by atoms with Crippen LogP contribution in [0, 0.1) is 11.3 Å². The molecule has 6 nitrogen and oxygen atoms in total. The molecule has 2 aliphatic heterocycles. The third-order valence-electron chi connectivity index (χ3n) is 9.44. The lowest BCUT2D eigenvalue weighted by molar-refractivity contribution is 0.0102. The number of rotatable bonds is 4. The van der Waals surface area contributed by atoms with E-state index in [9.17, 15) is 5.26 Å². The van der Waals surface area contributed by atoms with E-state index in [4.69, 9.17) is 0 Å². The van der Waals surface area contributed by atoms with Crippen LogP contribution in [0.3, 0.4) is 0 Å². The Kier molecular flexibility index (Phi) is 5.02. The summed E-state index contributed by atoms with van der Waals surface area (Å²) in [7, 11) is 0. The molecule has 2 saturated heterocycles. The fraction of sp³-hybridized carbons (Fsp3) is 0.0513. The zero-order chi connectivity index (χ0) is 29.6. The number of hydrogen-bond donors (Lipinski definition) is 1. The highest BCUT2D eigenvalue weighted by molar-refractivity contribution is 6.19. The number of aromatic nitrogens is 2. The van der Waals surface area contributed by atoms with Gasteiger partial charge >= 0.3 is 0 Å². The summed E-state index contributed by atoms with van der Waals surface area (Å²) in [6, 6.07) is 51.7. The zero-order valence-electron chi connectivity index (χ0n) is 24.2. The molecular weight excluding hydrogens is 552 g/mol. The van der Waals surface area contributed by atoms with Gasteiger partial charge < -0.3 is 9.13 Å². The minimum Gasteiger partial charge on any atom is -0.309 e. The summed E-state index contributed by atoms with van der Waals surface area (Å²) >= 11 is 0. The van der Waals surface area contributed by atoms with Crippen molar-refractivity contribution in [3.05, 3.63) is 156 Å². The van der Waals surface area contributed by atoms with Crippen molar-refractivity contribution >= 4 is 43.6 Å². The molecule has 2 aliphatic rings. The quantitative estimate of drug-likeness (QED) is 0.213. The summed E-state index contributed by atoms with van der Waals surface area (Å²) < 4.78 is 4.69. The summed E-state index contributed by atoms with van der Waals surface area (Å²) in [5.74, 6) is 0. The van der Waals surface area contributed by atoms with Gasteiger partial charge in [0, 0.05) is 32.9 Å². The van der Waals surface area contributed by atoms with E-state index in [1.807, 2.05) is 18.2 Å². The second-order valence-corrected chi connectivity index (χ2v) is 11.9. The number of nitriles is 1. The minimum absolute atomic E-state index is 0.197. The van der Waals surface area contributed by atoms with Crippen molar-refractivity contribution in [3.8, 4) is 17.4 Å². The molecule has 0 amide bonds. The number of para-hydroxylation sites is 2. The summed E-state index contributed by atoms with van der Waals surface area (Å²) in [4.78, 5) is 0. The molecule has 0 saturated carbocycles. The molecule has 0 bridgehead atoms. The maximum absolute atomic E-state index is 9.67. The van der Waals surface area contributed by atoms with Crippen molar-refractivity contribution in [2.24, 2.45) is 0 Å². The lowest BCUT2D eigenvalue weighted by Gasteiger charge is -2.28. The normalized spacial score (nSPS) is 20.3. The van der Waals surface area contributed by atoms with Crippen molar-refractivity contribution in [2.75, 3.05) is 0 Å². The van der Waals surface area contributed by atoms with Crippen LogP contribution >= 0.6 is 0 Å². The van der Waals surface area contributed by atoms with Crippen molar-refractivity contribution in [3.63, 3.8) is 0 Å². The first kappa shape index (κ1) is 24.7. The average molecular weight is 579 g/mol. The Morgan fingerprint density at radius 3 is 1.80 bits per heavy atom. The van der Waals surface area contributed by atoms with Crippen LogP contribution in [0.15, 0.2) is 140 Å². The molecule has 2 aromatic heterocycles. The Labute approximate surface area is 259 Å². The number of hydrazine groups is 2. The number of fused-ring (bicyclic) bond motifs is 7. The molecule has 6 aromatic carbocycles. The monoisotopic (exact) mass is 578 g/mol. The number of hydrogen-bond acceptors (Lipinski definition) is 4. The standard InChI is InChI=1S/C39H26N6/c40-24-25-10-8-14-28(20-25)42-34-18-6-4-16-30(34)32-22-33-31-17-5-7-19-35(31)43(37(33)23-36(32)42)29-15-9-13-27(21-29)39-44-38(41-45(39)44)26-11-2-1-3-12-26/h1-23,38-39,41H/t38?,39?,44?,45-/m0/s1. The Morgan fingerprint density at radius 1 is 0.511 bits per heavy atom. The van der Waals surface area contributed by atoms with E-state index < -0.39 is 0 Å². The van der Waals surface area contributed by atoms with Crippen LogP contribution in [0.25, 0.3) is 55.0 Å². The van der Waals surface area contributed by atoms with E-state index >= 15 is 0 Å². The Hall–Kier alpha value is -5.71. The number of benzene rings is 6. The second-order valence-electron chi connectivity index (χ2n) is 11.9. The lowest BCUT2D eigenvalue weighted by Crippen LogP contribution is -2.44. The molecule has 0 radical (unpaired) electrons. The van der Waals surface area contributed by atoms with Crippen molar-refractivity contribution in [1.29, 1.82) is 5.26 Å². The molecule has 4 heterocycles. The molecule has 0 spiro atoms. The third kappa shape index (κ3) is 3.48. The fourth-order valence-electron chi connectivity index (χ4n) is 7.40. The SMILES string of the molecule is N#Cc1cccc(-n2c3ccccc3c3cc4c5ccccc5n(-c5cccc(C6N7C(c8ccccc8)N[N@]67)c5)c4cc32)c1. The predicted octanol–water partition coefficient (Wildman–Crippen LogP) is 8.50. The van der Waals surface area contributed by atoms with Gasteiger partial charge in [-0.15, -0.1) is 5.12 Å². The molecule has 1 N–H and O–H groups in total. The molecule has 3 unspecified atom stereocenters. The van der Waals surface area contributed by atoms with Gasteiger partial charge in [0.15, 0.2) is 0 Å². The first-order valence-corrected chi connectivity index (χ1v) is 15.2. The summed E-state index contributed by atoms with van der Waals surface area (Å²) in [5, 5.41) is 19.1. The van der Waals surface area contributed by atoms with Gasteiger partial charge in [-0.3, -0.25) is 0 Å². The smallest absolute Gasteiger partial charge is 0.134 e. The zero-order valence-corrected chi connectivity index (χ0v) is 24.2. The molecule has 10 rings (SSSR count). The second kappa shape index (κ2) is 9.15. The van der Waals surface area contributed by atoms with Gasteiger partial charge in [0.1, 0.15) is 12.3 Å². The van der Waals surface area contributed by atoms with E-state index in [0.717, 1.165) is 27.9 Å². The van der Waals surface area contributed by atoms with Crippen LogP contribution < -0.4 is 5.43 Å². The van der Waals surface area contributed by atoms with Crippen molar-refractivity contribution in [1.82, 2.24) is 24.7 Å². The summed E-state index contributed by atoms with van der Waals surface area (Å²) in [6.45, 7) is 0. The van der Waals surface area contributed by atoms with Crippen LogP contribution in [-0.2, 0) is 0 Å². The van der Waals surface area contributed by atoms with Crippen molar-refractivity contribution in [2.45, 2.75) is 12.3 Å². The van der Waals surface area contributed by atoms with E-state index in [1.54, 1.807) is 0 Å². The van der Waals surface area contributed by atoms with Crippen LogP contribution in [-0.4, -0.2) is 19.3 Å². The van der Waals surface area contributed by atoms with Gasteiger partial charge in [-0.25, -0.2) is 5.43 Å². The van der Waals surface area contributed by atoms with Crippen LogP contribution in [0.4, 0.5) is 0 Å². The first-order chi connectivity index (χ1) is 22.3. The average Bonchev–Trinajstić information content (AvgIpc) is 3.37. The van der Waals surface area contributed by atoms with E-state index in [2.05, 4.69) is 152 Å². The van der Waals surface area contributed by atoms with Gasteiger partial charge in [-0.05, 0) is 65.7 Å². The summed E-state index contributed by atoms with van der Waals surface area (Å²) in [5.41, 5.74) is 13.5. The molecule has 8 aromatic rings. The number of nitrogens with zero attached hydrogens (tertiary/aromatic N) is 5. The molecule has 4 atom stereocenters. The fourth-order valence-corrected chi connectivity index (χ4v) is 7.40. The van der Waals surface area contributed by atoms with Crippen LogP contribution in [0.1, 0.15) is 29.0 Å². The van der Waals surface area contributed by atoms with E-state index in [0.29, 0.717) is 5.56 Å². The Balaban J connectivity index is 1.18. The van der Waals surface area contributed by atoms with E-state index in [1.165, 1.54) is 38.2 Å². The lowest BCUT2D eigenvalue weighted by atomic mass is 10.1. The summed E-state index contributed by atoms with van der Waals surface area (Å²) in [6.07, 6.45) is 0.396. The minimum atomic E-state index is 0.197. The van der Waals surface area contributed by atoms with Gasteiger partial charge in [0.2, 0.25) is 0 Å². The molecule has 0 aliphatic carbocycles. The van der Waals surface area contributed by atoms with Crippen LogP contribution in [0.5, 0.6) is 0 Å². The topological polar surface area (TPSA) is 51.7 Å². The largest absolute Gasteiger partial charge is 0.309 e. The maximum Gasteiger partial charge on any atom is 0.134 e. The van der Waals surface area contributed by atoms with Gasteiger partial charge in [-0.1, -0.05) is 84.9 Å². The van der Waals surface area contributed by atoms with Gasteiger partial charge in [-0.2, -0.15) is 10.3 Å². The molecule has 2 fully saturated rings. The van der Waals surface area contributed by atoms with Gasteiger partial charge in [0.05, 0.1) is 33.7 Å². The molecule has 212 valence electrons. The highest BCUT2D eigenvalue weighted by Crippen LogP contribution is 2.53. The molecular formula is C39H26N6. The number of nitrogens with one attached hydrogen (secondary N) is 1. The van der Waals surface area contributed by atoms with Crippen LogP contribution in [0.2, 0.25) is 0 Å². The Morgan fingerprint density at radius 2 is 1.11 bits per heavy atom. The third-order valence-corrected chi connectivity index (χ3v) is 9.44. The molecule has 6 heteroatoms. The van der Waals surface area contributed by atoms with E-state index in [-0.39, 0.29) is 12.3 Å².